The lowest BCUT2D eigenvalue weighted by Gasteiger charge is -2.07. The predicted molar refractivity (Wildman–Crippen MR) is 45.1 cm³/mol. The zero-order chi connectivity index (χ0) is 11.3. The van der Waals surface area contributed by atoms with Crippen LogP contribution in [0.25, 0.3) is 0 Å². The smallest absolute Gasteiger partial charge is 0.328 e. The van der Waals surface area contributed by atoms with Crippen LogP contribution in [-0.2, 0) is 19.2 Å². The summed E-state index contributed by atoms with van der Waals surface area (Å²) in [6.07, 6.45) is 0.269. The fourth-order valence-electron chi connectivity index (χ4n) is 1.11. The third-order valence-electron chi connectivity index (χ3n) is 1.80. The normalized spacial score (nSPS) is 19.5. The van der Waals surface area contributed by atoms with Crippen molar-refractivity contribution in [2.24, 2.45) is 0 Å². The first-order valence-electron chi connectivity index (χ1n) is 4.33. The number of nitrogens with zero attached hydrogens (tertiary/aromatic N) is 1. The van der Waals surface area contributed by atoms with E-state index in [4.69, 9.17) is 0 Å². The van der Waals surface area contributed by atoms with Gasteiger partial charge in [0.2, 0.25) is 5.91 Å². The third-order valence-corrected chi connectivity index (χ3v) is 1.80. The molecule has 1 aliphatic rings. The second kappa shape index (κ2) is 5.13. The Morgan fingerprint density at radius 1 is 1.73 bits per heavy atom. The maximum atomic E-state index is 11.1. The lowest BCUT2D eigenvalue weighted by Crippen LogP contribution is -2.38. The monoisotopic (exact) mass is 218 g/mol. The number of esters is 1. The van der Waals surface area contributed by atoms with Crippen molar-refractivity contribution in [3.8, 4) is 0 Å². The fourth-order valence-corrected chi connectivity index (χ4v) is 1.11. The molecule has 8 nitrogen and oxygen atoms in total. The maximum absolute atomic E-state index is 11.1. The van der Waals surface area contributed by atoms with Crippen LogP contribution in [0.15, 0.2) is 0 Å². The van der Waals surface area contributed by atoms with Crippen molar-refractivity contribution in [3.05, 3.63) is 10.1 Å². The summed E-state index contributed by atoms with van der Waals surface area (Å²) >= 11 is 0. The summed E-state index contributed by atoms with van der Waals surface area (Å²) in [5, 5.41) is 11.2. The van der Waals surface area contributed by atoms with Gasteiger partial charge in [-0.2, -0.15) is 0 Å². The molecular formula is C7H10N2O6. The van der Waals surface area contributed by atoms with E-state index in [1.807, 2.05) is 0 Å². The molecular weight excluding hydrogens is 208 g/mol. The molecule has 0 aromatic heterocycles. The van der Waals surface area contributed by atoms with Crippen LogP contribution in [0.2, 0.25) is 0 Å². The number of ether oxygens (including phenoxy) is 1. The van der Waals surface area contributed by atoms with Crippen molar-refractivity contribution < 1.29 is 24.3 Å². The van der Waals surface area contributed by atoms with Gasteiger partial charge >= 0.3 is 5.97 Å². The largest absolute Gasteiger partial charge is 0.464 e. The zero-order valence-corrected chi connectivity index (χ0v) is 7.80. The van der Waals surface area contributed by atoms with Crippen molar-refractivity contribution in [2.45, 2.75) is 18.9 Å². The molecule has 1 rings (SSSR count). The first-order chi connectivity index (χ1) is 7.09. The van der Waals surface area contributed by atoms with Crippen molar-refractivity contribution in [1.29, 1.82) is 0 Å². The van der Waals surface area contributed by atoms with Gasteiger partial charge in [0, 0.05) is 6.42 Å². The highest BCUT2D eigenvalue weighted by Gasteiger charge is 2.27. The lowest BCUT2D eigenvalue weighted by molar-refractivity contribution is -0.757. The molecule has 1 atom stereocenters. The minimum atomic E-state index is -0.975. The van der Waals surface area contributed by atoms with E-state index in [9.17, 15) is 19.7 Å². The van der Waals surface area contributed by atoms with Crippen LogP contribution in [0.3, 0.4) is 0 Å². The van der Waals surface area contributed by atoms with E-state index in [0.717, 1.165) is 0 Å². The molecule has 0 aromatic carbocycles. The van der Waals surface area contributed by atoms with Gasteiger partial charge in [-0.15, -0.1) is 10.1 Å². The molecule has 1 unspecified atom stereocenters. The number of cyclic esters (lactones) is 1. The molecule has 1 saturated heterocycles. The number of hydrogen-bond acceptors (Lipinski definition) is 6. The molecule has 15 heavy (non-hydrogen) atoms. The van der Waals surface area contributed by atoms with Gasteiger partial charge < -0.3 is 14.9 Å². The van der Waals surface area contributed by atoms with Gasteiger partial charge in [-0.3, -0.25) is 4.79 Å². The predicted octanol–water partition coefficient (Wildman–Crippen LogP) is -0.984. The Kier molecular flexibility index (Phi) is 3.83. The summed E-state index contributed by atoms with van der Waals surface area (Å²) in [6, 6.07) is -0.631. The van der Waals surface area contributed by atoms with E-state index >= 15 is 0 Å². The number of hydrogen-bond donors (Lipinski definition) is 1. The van der Waals surface area contributed by atoms with Gasteiger partial charge in [0.1, 0.15) is 12.6 Å². The molecule has 1 amide bonds. The molecule has 1 fully saturated rings. The van der Waals surface area contributed by atoms with E-state index < -0.39 is 23.0 Å². The molecule has 0 saturated carbocycles. The minimum absolute atomic E-state index is 0.162. The highest BCUT2D eigenvalue weighted by Crippen LogP contribution is 2.05. The molecule has 1 N–H and O–H groups in total. The summed E-state index contributed by atoms with van der Waals surface area (Å²) in [5.74, 6) is -0.945. The van der Waals surface area contributed by atoms with Crippen LogP contribution in [-0.4, -0.2) is 36.2 Å². The van der Waals surface area contributed by atoms with Crippen LogP contribution in [0.4, 0.5) is 0 Å². The Morgan fingerprint density at radius 2 is 2.47 bits per heavy atom. The van der Waals surface area contributed by atoms with Gasteiger partial charge in [-0.05, 0) is 0 Å². The van der Waals surface area contributed by atoms with E-state index in [1.165, 1.54) is 0 Å². The molecule has 8 heteroatoms. The maximum Gasteiger partial charge on any atom is 0.328 e. The Bertz CT molecular complexity index is 279. The lowest BCUT2D eigenvalue weighted by atomic mass is 10.2. The van der Waals surface area contributed by atoms with Gasteiger partial charge in [-0.1, -0.05) is 0 Å². The number of nitrogens with one attached hydrogen (secondary N) is 1. The standard InChI is InChI=1S/C7H10N2O6/c10-6(2-4-15-9(12)13)8-5-1-3-14-7(5)11/h5H,1-4H2,(H,8,10). The Hall–Kier alpha value is -1.86. The van der Waals surface area contributed by atoms with Gasteiger partial charge in [0.15, 0.2) is 0 Å². The van der Waals surface area contributed by atoms with Gasteiger partial charge in [-0.25, -0.2) is 4.79 Å². The Balaban J connectivity index is 2.18. The second-order valence-corrected chi connectivity index (χ2v) is 2.88. The molecule has 0 radical (unpaired) electrons. The molecule has 84 valence electrons. The first-order valence-corrected chi connectivity index (χ1v) is 4.33. The van der Waals surface area contributed by atoms with Gasteiger partial charge in [0.25, 0.3) is 5.09 Å². The number of carbonyl (C=O) groups excluding carboxylic acids is 2. The highest BCUT2D eigenvalue weighted by molar-refractivity contribution is 5.85. The summed E-state index contributed by atoms with van der Waals surface area (Å²) in [6.45, 7) is -0.0320. The molecule has 1 aliphatic heterocycles. The molecule has 0 bridgehead atoms. The summed E-state index contributed by atoms with van der Waals surface area (Å²) in [5.41, 5.74) is 0. The molecule has 0 aromatic rings. The SMILES string of the molecule is O=C(CCO[N+](=O)[O-])NC1CCOC1=O. The number of carbonyl (C=O) groups is 2. The summed E-state index contributed by atoms with van der Waals surface area (Å²) in [4.78, 5) is 35.7. The van der Waals surface area contributed by atoms with E-state index in [2.05, 4.69) is 14.9 Å². The average Bonchev–Trinajstić information content (AvgIpc) is 2.51. The van der Waals surface area contributed by atoms with Crippen molar-refractivity contribution in [2.75, 3.05) is 13.2 Å². The number of rotatable bonds is 5. The molecule has 0 spiro atoms. The summed E-state index contributed by atoms with van der Waals surface area (Å²) in [7, 11) is 0. The first kappa shape index (κ1) is 11.2. The van der Waals surface area contributed by atoms with E-state index in [0.29, 0.717) is 6.42 Å². The van der Waals surface area contributed by atoms with Crippen LogP contribution in [0, 0.1) is 10.1 Å². The number of amides is 1. The molecule has 1 heterocycles. The van der Waals surface area contributed by atoms with Crippen LogP contribution < -0.4 is 5.32 Å². The third kappa shape index (κ3) is 3.79. The van der Waals surface area contributed by atoms with Crippen molar-refractivity contribution >= 4 is 11.9 Å². The van der Waals surface area contributed by atoms with Crippen LogP contribution in [0.1, 0.15) is 12.8 Å². The Labute approximate surface area is 84.6 Å². The van der Waals surface area contributed by atoms with E-state index in [1.54, 1.807) is 0 Å². The van der Waals surface area contributed by atoms with Crippen LogP contribution in [0.5, 0.6) is 0 Å². The average molecular weight is 218 g/mol. The quantitative estimate of drug-likeness (QED) is 0.361. The van der Waals surface area contributed by atoms with Crippen LogP contribution >= 0.6 is 0 Å². The van der Waals surface area contributed by atoms with Crippen molar-refractivity contribution in [3.63, 3.8) is 0 Å². The Morgan fingerprint density at radius 3 is 3.00 bits per heavy atom. The zero-order valence-electron chi connectivity index (χ0n) is 7.80. The van der Waals surface area contributed by atoms with E-state index in [-0.39, 0.29) is 19.6 Å². The molecule has 0 aliphatic carbocycles. The minimum Gasteiger partial charge on any atom is -0.464 e. The van der Waals surface area contributed by atoms with Crippen molar-refractivity contribution in [1.82, 2.24) is 5.32 Å². The van der Waals surface area contributed by atoms with Gasteiger partial charge in [0.05, 0.1) is 13.0 Å². The fraction of sp³-hybridized carbons (Fsp3) is 0.714. The highest BCUT2D eigenvalue weighted by atomic mass is 16.9. The summed E-state index contributed by atoms with van der Waals surface area (Å²) < 4.78 is 4.62. The topological polar surface area (TPSA) is 108 Å². The second-order valence-electron chi connectivity index (χ2n) is 2.88.